The minimum absolute atomic E-state index is 0.438. The highest BCUT2D eigenvalue weighted by atomic mass is 16.5. The van der Waals surface area contributed by atoms with Gasteiger partial charge in [-0.1, -0.05) is 13.8 Å². The number of pyridine rings is 1. The third-order valence-corrected chi connectivity index (χ3v) is 2.46. The molecule has 0 spiro atoms. The van der Waals surface area contributed by atoms with Crippen molar-refractivity contribution < 1.29 is 4.74 Å². The molecule has 2 rings (SSSR count). The quantitative estimate of drug-likeness (QED) is 0.792. The fourth-order valence-corrected chi connectivity index (χ4v) is 1.48. The predicted molar refractivity (Wildman–Crippen MR) is 62.0 cm³/mol. The summed E-state index contributed by atoms with van der Waals surface area (Å²) in [5.74, 6) is 1.90. The topological polar surface area (TPSA) is 39.9 Å². The highest BCUT2D eigenvalue weighted by molar-refractivity contribution is 5.42. The molecule has 16 heavy (non-hydrogen) atoms. The Hall–Kier alpha value is -1.84. The van der Waals surface area contributed by atoms with Crippen molar-refractivity contribution in [2.45, 2.75) is 19.8 Å². The van der Waals surface area contributed by atoms with Crippen LogP contribution in [0.2, 0.25) is 0 Å². The molecule has 0 amide bonds. The molecule has 0 aliphatic rings. The van der Waals surface area contributed by atoms with Crippen LogP contribution in [0.15, 0.2) is 30.7 Å². The molecule has 0 aliphatic heterocycles. The maximum Gasteiger partial charge on any atom is 0.196 e. The predicted octanol–water partition coefficient (Wildman–Crippen LogP) is 2.40. The Kier molecular flexibility index (Phi) is 2.90. The van der Waals surface area contributed by atoms with Crippen molar-refractivity contribution in [1.29, 1.82) is 0 Å². The van der Waals surface area contributed by atoms with Crippen LogP contribution in [-0.4, -0.2) is 21.9 Å². The van der Waals surface area contributed by atoms with Gasteiger partial charge in [0.05, 0.1) is 7.11 Å². The van der Waals surface area contributed by atoms with Gasteiger partial charge in [0.15, 0.2) is 11.6 Å². The van der Waals surface area contributed by atoms with Gasteiger partial charge in [-0.15, -0.1) is 0 Å². The van der Waals surface area contributed by atoms with E-state index in [1.165, 1.54) is 0 Å². The van der Waals surface area contributed by atoms with E-state index >= 15 is 0 Å². The van der Waals surface area contributed by atoms with Crippen molar-refractivity contribution in [3.63, 3.8) is 0 Å². The summed E-state index contributed by atoms with van der Waals surface area (Å²) < 4.78 is 7.03. The monoisotopic (exact) mass is 217 g/mol. The Morgan fingerprint density at radius 1 is 1.38 bits per heavy atom. The van der Waals surface area contributed by atoms with Gasteiger partial charge >= 0.3 is 0 Å². The van der Waals surface area contributed by atoms with E-state index in [2.05, 4.69) is 23.9 Å². The van der Waals surface area contributed by atoms with Crippen molar-refractivity contribution in [3.8, 4) is 11.6 Å². The minimum atomic E-state index is 0.438. The summed E-state index contributed by atoms with van der Waals surface area (Å²) in [4.78, 5) is 4.39. The summed E-state index contributed by atoms with van der Waals surface area (Å²) in [7, 11) is 1.65. The van der Waals surface area contributed by atoms with Crippen molar-refractivity contribution in [2.75, 3.05) is 7.11 Å². The molecule has 2 aromatic heterocycles. The van der Waals surface area contributed by atoms with E-state index in [9.17, 15) is 0 Å². The Balaban J connectivity index is 2.47. The first-order chi connectivity index (χ1) is 7.72. The molecule has 0 bridgehead atoms. The van der Waals surface area contributed by atoms with Crippen molar-refractivity contribution >= 4 is 0 Å². The normalized spacial score (nSPS) is 10.8. The number of ether oxygens (including phenoxy) is 1. The van der Waals surface area contributed by atoms with Gasteiger partial charge in [-0.05, 0) is 23.6 Å². The number of rotatable bonds is 3. The highest BCUT2D eigenvalue weighted by Crippen LogP contribution is 2.24. The zero-order chi connectivity index (χ0) is 11.5. The zero-order valence-electron chi connectivity index (χ0n) is 9.71. The number of hydrogen-bond acceptors (Lipinski definition) is 3. The molecule has 0 radical (unpaired) electrons. The molecule has 0 saturated heterocycles. The van der Waals surface area contributed by atoms with Crippen molar-refractivity contribution in [2.24, 2.45) is 0 Å². The number of hydrogen-bond donors (Lipinski definition) is 0. The molecular weight excluding hydrogens is 202 g/mol. The van der Waals surface area contributed by atoms with Crippen LogP contribution >= 0.6 is 0 Å². The summed E-state index contributed by atoms with van der Waals surface area (Å²) in [6.45, 7) is 4.26. The third-order valence-electron chi connectivity index (χ3n) is 2.46. The lowest BCUT2D eigenvalue weighted by atomic mass is 10.1. The first kappa shape index (κ1) is 10.7. The summed E-state index contributed by atoms with van der Waals surface area (Å²) in [6.07, 6.45) is 5.43. The van der Waals surface area contributed by atoms with Gasteiger partial charge in [0.1, 0.15) is 0 Å². The van der Waals surface area contributed by atoms with Crippen LogP contribution in [-0.2, 0) is 0 Å². The minimum Gasteiger partial charge on any atom is -0.493 e. The van der Waals surface area contributed by atoms with Gasteiger partial charge < -0.3 is 4.74 Å². The van der Waals surface area contributed by atoms with Crippen LogP contribution < -0.4 is 4.74 Å². The maximum absolute atomic E-state index is 5.34. The molecule has 84 valence electrons. The SMILES string of the molecule is COc1cc(C(C)C)cnc1-n1cccn1. The Bertz CT molecular complexity index is 463. The van der Waals surface area contributed by atoms with Crippen LogP contribution in [0, 0.1) is 0 Å². The summed E-state index contributed by atoms with van der Waals surface area (Å²) in [6, 6.07) is 3.87. The van der Waals surface area contributed by atoms with E-state index in [1.807, 2.05) is 24.5 Å². The molecule has 2 aromatic rings. The summed E-state index contributed by atoms with van der Waals surface area (Å²) in [5, 5.41) is 4.14. The molecular formula is C12H15N3O. The number of nitrogens with zero attached hydrogens (tertiary/aromatic N) is 3. The Labute approximate surface area is 94.9 Å². The lowest BCUT2D eigenvalue weighted by molar-refractivity contribution is 0.408. The summed E-state index contributed by atoms with van der Waals surface area (Å²) in [5.41, 5.74) is 1.16. The smallest absolute Gasteiger partial charge is 0.196 e. The molecule has 4 heteroatoms. The average Bonchev–Trinajstić information content (AvgIpc) is 2.81. The first-order valence-corrected chi connectivity index (χ1v) is 5.26. The Morgan fingerprint density at radius 2 is 2.19 bits per heavy atom. The van der Waals surface area contributed by atoms with E-state index in [1.54, 1.807) is 18.0 Å². The fraction of sp³-hybridized carbons (Fsp3) is 0.333. The largest absolute Gasteiger partial charge is 0.493 e. The second-order valence-electron chi connectivity index (χ2n) is 3.90. The van der Waals surface area contributed by atoms with Gasteiger partial charge in [-0.2, -0.15) is 5.10 Å². The third kappa shape index (κ3) is 1.91. The number of aromatic nitrogens is 3. The lowest BCUT2D eigenvalue weighted by Gasteiger charge is -2.11. The second-order valence-corrected chi connectivity index (χ2v) is 3.90. The average molecular weight is 217 g/mol. The molecule has 0 atom stereocenters. The van der Waals surface area contributed by atoms with E-state index in [-0.39, 0.29) is 0 Å². The molecule has 2 heterocycles. The van der Waals surface area contributed by atoms with Crippen molar-refractivity contribution in [1.82, 2.24) is 14.8 Å². The van der Waals surface area contributed by atoms with E-state index in [4.69, 9.17) is 4.74 Å². The van der Waals surface area contributed by atoms with E-state index < -0.39 is 0 Å². The van der Waals surface area contributed by atoms with Crippen LogP contribution in [0.5, 0.6) is 5.75 Å². The van der Waals surface area contributed by atoms with Crippen LogP contribution in [0.1, 0.15) is 25.3 Å². The molecule has 0 aromatic carbocycles. The maximum atomic E-state index is 5.34. The summed E-state index contributed by atoms with van der Waals surface area (Å²) >= 11 is 0. The first-order valence-electron chi connectivity index (χ1n) is 5.26. The van der Waals surface area contributed by atoms with Crippen LogP contribution in [0.4, 0.5) is 0 Å². The molecule has 0 aliphatic carbocycles. The second kappa shape index (κ2) is 4.35. The zero-order valence-corrected chi connectivity index (χ0v) is 9.71. The van der Waals surface area contributed by atoms with Gasteiger partial charge in [0, 0.05) is 18.6 Å². The van der Waals surface area contributed by atoms with Crippen molar-refractivity contribution in [3.05, 3.63) is 36.3 Å². The lowest BCUT2D eigenvalue weighted by Crippen LogP contribution is -2.03. The Morgan fingerprint density at radius 3 is 2.75 bits per heavy atom. The van der Waals surface area contributed by atoms with Gasteiger partial charge in [-0.3, -0.25) is 0 Å². The molecule has 0 saturated carbocycles. The van der Waals surface area contributed by atoms with Crippen LogP contribution in [0.25, 0.3) is 5.82 Å². The van der Waals surface area contributed by atoms with E-state index in [0.29, 0.717) is 5.92 Å². The number of methoxy groups -OCH3 is 1. The van der Waals surface area contributed by atoms with E-state index in [0.717, 1.165) is 17.1 Å². The molecule has 0 N–H and O–H groups in total. The van der Waals surface area contributed by atoms with Gasteiger partial charge in [-0.25, -0.2) is 9.67 Å². The molecule has 4 nitrogen and oxygen atoms in total. The highest BCUT2D eigenvalue weighted by Gasteiger charge is 2.09. The van der Waals surface area contributed by atoms with Gasteiger partial charge in [0.2, 0.25) is 0 Å². The van der Waals surface area contributed by atoms with Gasteiger partial charge in [0.25, 0.3) is 0 Å². The van der Waals surface area contributed by atoms with Crippen LogP contribution in [0.3, 0.4) is 0 Å². The standard InChI is InChI=1S/C12H15N3O/c1-9(2)10-7-11(16-3)12(13-8-10)15-6-4-5-14-15/h4-9H,1-3H3. The fourth-order valence-electron chi connectivity index (χ4n) is 1.48. The molecule has 0 unspecified atom stereocenters. The molecule has 0 fully saturated rings.